The summed E-state index contributed by atoms with van der Waals surface area (Å²) in [4.78, 5) is 12.1. The van der Waals surface area contributed by atoms with Gasteiger partial charge in [-0.3, -0.25) is 4.79 Å². The Morgan fingerprint density at radius 1 is 1.37 bits per heavy atom. The minimum absolute atomic E-state index is 0.146. The Balaban J connectivity index is 2.10. The van der Waals surface area contributed by atoms with Gasteiger partial charge < -0.3 is 5.32 Å². The lowest BCUT2D eigenvalue weighted by Crippen LogP contribution is -2.16. The van der Waals surface area contributed by atoms with Crippen LogP contribution in [0.2, 0.25) is 0 Å². The molecule has 1 aromatic rings. The minimum Gasteiger partial charge on any atom is -0.325 e. The van der Waals surface area contributed by atoms with Gasteiger partial charge in [0, 0.05) is 12.7 Å². The molecule has 0 saturated carbocycles. The van der Waals surface area contributed by atoms with Crippen molar-refractivity contribution in [3.63, 3.8) is 0 Å². The van der Waals surface area contributed by atoms with E-state index in [0.717, 1.165) is 19.1 Å². The highest BCUT2D eigenvalue weighted by Crippen LogP contribution is 2.23. The Morgan fingerprint density at radius 3 is 2.74 bits per heavy atom. The predicted molar refractivity (Wildman–Crippen MR) is 74.7 cm³/mol. The molecule has 0 bridgehead atoms. The lowest BCUT2D eigenvalue weighted by atomic mass is 10.1. The van der Waals surface area contributed by atoms with Crippen LogP contribution in [0.1, 0.15) is 19.3 Å². The van der Waals surface area contributed by atoms with Gasteiger partial charge in [0.25, 0.3) is 0 Å². The van der Waals surface area contributed by atoms with Crippen molar-refractivity contribution in [1.82, 2.24) is 0 Å². The van der Waals surface area contributed by atoms with Crippen molar-refractivity contribution >= 4 is 21.4 Å². The van der Waals surface area contributed by atoms with Gasteiger partial charge in [0.15, 0.2) is 9.84 Å². The molecule has 1 aliphatic rings. The molecule has 0 radical (unpaired) electrons. The first-order chi connectivity index (χ1) is 8.97. The SMILES string of the molecule is CS(=O)(=O)c1ccccc1NC(=O)C[C@H]1C=CCC1. The van der Waals surface area contributed by atoms with E-state index in [1.165, 1.54) is 6.07 Å². The molecule has 0 fully saturated rings. The molecular formula is C14H17NO3S. The summed E-state index contributed by atoms with van der Waals surface area (Å²) in [6.07, 6.45) is 7.65. The van der Waals surface area contributed by atoms with Crippen LogP contribution in [-0.4, -0.2) is 20.6 Å². The predicted octanol–water partition coefficient (Wildman–Crippen LogP) is 2.38. The van der Waals surface area contributed by atoms with Crippen molar-refractivity contribution in [3.8, 4) is 0 Å². The van der Waals surface area contributed by atoms with Crippen LogP contribution < -0.4 is 5.32 Å². The van der Waals surface area contributed by atoms with Crippen molar-refractivity contribution in [3.05, 3.63) is 36.4 Å². The topological polar surface area (TPSA) is 63.2 Å². The van der Waals surface area contributed by atoms with E-state index in [1.54, 1.807) is 18.2 Å². The van der Waals surface area contributed by atoms with Crippen LogP contribution in [0.5, 0.6) is 0 Å². The number of allylic oxidation sites excluding steroid dienone is 2. The van der Waals surface area contributed by atoms with E-state index in [0.29, 0.717) is 12.1 Å². The number of anilines is 1. The highest BCUT2D eigenvalue weighted by atomic mass is 32.2. The number of amides is 1. The highest BCUT2D eigenvalue weighted by molar-refractivity contribution is 7.90. The molecule has 2 rings (SSSR count). The summed E-state index contributed by atoms with van der Waals surface area (Å²) in [5.41, 5.74) is 0.358. The molecule has 0 aromatic heterocycles. The van der Waals surface area contributed by atoms with Gasteiger partial charge in [-0.15, -0.1) is 0 Å². The first-order valence-corrected chi connectivity index (χ1v) is 8.11. The Labute approximate surface area is 113 Å². The van der Waals surface area contributed by atoms with Crippen molar-refractivity contribution in [1.29, 1.82) is 0 Å². The number of sulfone groups is 1. The fourth-order valence-corrected chi connectivity index (χ4v) is 3.04. The number of hydrogen-bond acceptors (Lipinski definition) is 3. The average molecular weight is 279 g/mol. The molecule has 1 N–H and O–H groups in total. The van der Waals surface area contributed by atoms with Crippen molar-refractivity contribution < 1.29 is 13.2 Å². The smallest absolute Gasteiger partial charge is 0.224 e. The Morgan fingerprint density at radius 2 is 2.11 bits per heavy atom. The monoisotopic (exact) mass is 279 g/mol. The molecule has 0 unspecified atom stereocenters. The molecule has 0 heterocycles. The summed E-state index contributed by atoms with van der Waals surface area (Å²) in [5, 5.41) is 2.69. The normalized spacial score (nSPS) is 18.5. The van der Waals surface area contributed by atoms with Crippen LogP contribution in [0.15, 0.2) is 41.3 Å². The van der Waals surface area contributed by atoms with Gasteiger partial charge in [0.2, 0.25) is 5.91 Å². The maximum Gasteiger partial charge on any atom is 0.224 e. The van der Waals surface area contributed by atoms with Gasteiger partial charge in [-0.2, -0.15) is 0 Å². The number of nitrogens with one attached hydrogen (secondary N) is 1. The Kier molecular flexibility index (Phi) is 4.04. The van der Waals surface area contributed by atoms with Crippen LogP contribution in [0.4, 0.5) is 5.69 Å². The van der Waals surface area contributed by atoms with E-state index in [1.807, 2.05) is 6.08 Å². The fraction of sp³-hybridized carbons (Fsp3) is 0.357. The molecule has 1 amide bonds. The van der Waals surface area contributed by atoms with Crippen LogP contribution in [0, 0.1) is 5.92 Å². The van der Waals surface area contributed by atoms with Crippen LogP contribution in [0.3, 0.4) is 0 Å². The Hall–Kier alpha value is -1.62. The van der Waals surface area contributed by atoms with Gasteiger partial charge in [-0.25, -0.2) is 8.42 Å². The summed E-state index contributed by atoms with van der Waals surface area (Å²) in [5.74, 6) is 0.123. The summed E-state index contributed by atoms with van der Waals surface area (Å²) in [7, 11) is -3.34. The summed E-state index contributed by atoms with van der Waals surface area (Å²) in [6, 6.07) is 6.46. The second-order valence-electron chi connectivity index (χ2n) is 4.79. The van der Waals surface area contributed by atoms with E-state index in [4.69, 9.17) is 0 Å². The first-order valence-electron chi connectivity index (χ1n) is 6.22. The molecule has 0 spiro atoms. The van der Waals surface area contributed by atoms with E-state index >= 15 is 0 Å². The standard InChI is InChI=1S/C14H17NO3S/c1-19(17,18)13-9-5-4-8-12(13)15-14(16)10-11-6-2-3-7-11/h2,4-6,8-9,11H,3,7,10H2,1H3,(H,15,16)/t11-/m0/s1. The average Bonchev–Trinajstić information content (AvgIpc) is 2.81. The zero-order chi connectivity index (χ0) is 13.9. The maximum absolute atomic E-state index is 11.9. The van der Waals surface area contributed by atoms with Crippen molar-refractivity contribution in [2.75, 3.05) is 11.6 Å². The van der Waals surface area contributed by atoms with Gasteiger partial charge in [0.1, 0.15) is 0 Å². The molecule has 1 aliphatic carbocycles. The lowest BCUT2D eigenvalue weighted by Gasteiger charge is -2.11. The highest BCUT2D eigenvalue weighted by Gasteiger charge is 2.17. The third-order valence-corrected chi connectivity index (χ3v) is 4.28. The molecule has 5 heteroatoms. The number of hydrogen-bond donors (Lipinski definition) is 1. The van der Waals surface area contributed by atoms with Crippen molar-refractivity contribution in [2.24, 2.45) is 5.92 Å². The molecule has 1 aromatic carbocycles. The number of benzene rings is 1. The molecule has 102 valence electrons. The van der Waals surface area contributed by atoms with Crippen LogP contribution in [-0.2, 0) is 14.6 Å². The lowest BCUT2D eigenvalue weighted by molar-refractivity contribution is -0.116. The molecule has 19 heavy (non-hydrogen) atoms. The summed E-state index contributed by atoms with van der Waals surface area (Å²) < 4.78 is 23.2. The van der Waals surface area contributed by atoms with Crippen LogP contribution in [0.25, 0.3) is 0 Å². The minimum atomic E-state index is -3.34. The van der Waals surface area contributed by atoms with E-state index in [2.05, 4.69) is 11.4 Å². The molecule has 1 atom stereocenters. The van der Waals surface area contributed by atoms with Crippen LogP contribution >= 0.6 is 0 Å². The zero-order valence-electron chi connectivity index (χ0n) is 10.8. The fourth-order valence-electron chi connectivity index (χ4n) is 2.20. The van der Waals surface area contributed by atoms with E-state index in [9.17, 15) is 13.2 Å². The maximum atomic E-state index is 11.9. The second kappa shape index (κ2) is 5.57. The third kappa shape index (κ3) is 3.67. The zero-order valence-corrected chi connectivity index (χ0v) is 11.6. The van der Waals surface area contributed by atoms with Crippen molar-refractivity contribution in [2.45, 2.75) is 24.2 Å². The number of carbonyl (C=O) groups is 1. The summed E-state index contributed by atoms with van der Waals surface area (Å²) in [6.45, 7) is 0. The Bertz CT molecular complexity index is 605. The molecular weight excluding hydrogens is 262 g/mol. The largest absolute Gasteiger partial charge is 0.325 e. The van der Waals surface area contributed by atoms with Gasteiger partial charge >= 0.3 is 0 Å². The molecule has 0 saturated heterocycles. The molecule has 0 aliphatic heterocycles. The van der Waals surface area contributed by atoms with Gasteiger partial charge in [-0.1, -0.05) is 24.3 Å². The van der Waals surface area contributed by atoms with Gasteiger partial charge in [-0.05, 0) is 30.9 Å². The first kappa shape index (κ1) is 13.8. The number of para-hydroxylation sites is 1. The second-order valence-corrected chi connectivity index (χ2v) is 6.77. The van der Waals surface area contributed by atoms with Gasteiger partial charge in [0.05, 0.1) is 10.6 Å². The number of carbonyl (C=O) groups excluding carboxylic acids is 1. The quantitative estimate of drug-likeness (QED) is 0.861. The molecule has 4 nitrogen and oxygen atoms in total. The number of rotatable bonds is 4. The van der Waals surface area contributed by atoms with E-state index in [-0.39, 0.29) is 16.7 Å². The van der Waals surface area contributed by atoms with E-state index < -0.39 is 9.84 Å². The third-order valence-electron chi connectivity index (χ3n) is 3.12. The summed E-state index contributed by atoms with van der Waals surface area (Å²) >= 11 is 0.